The van der Waals surface area contributed by atoms with Crippen molar-refractivity contribution in [1.29, 1.82) is 0 Å². The molecular weight excluding hydrogens is 284 g/mol. The molecule has 2 N–H and O–H groups in total. The third-order valence-electron chi connectivity index (χ3n) is 2.97. The zero-order valence-electron chi connectivity index (χ0n) is 12.3. The fourth-order valence-corrected chi connectivity index (χ4v) is 1.96. The Bertz CT molecular complexity index is 693. The summed E-state index contributed by atoms with van der Waals surface area (Å²) in [6.07, 6.45) is 3.27. The lowest BCUT2D eigenvalue weighted by Gasteiger charge is -2.03. The Morgan fingerprint density at radius 3 is 2.91 bits per heavy atom. The number of carbonyl (C=O) groups is 2. The fourth-order valence-electron chi connectivity index (χ4n) is 1.96. The lowest BCUT2D eigenvalue weighted by atomic mass is 10.3. The van der Waals surface area contributed by atoms with Crippen LogP contribution in [-0.2, 0) is 4.74 Å². The van der Waals surface area contributed by atoms with Crippen molar-refractivity contribution in [2.45, 2.75) is 0 Å². The Morgan fingerprint density at radius 2 is 2.18 bits per heavy atom. The number of hydrogen-bond donors (Lipinski definition) is 2. The zero-order chi connectivity index (χ0) is 15.9. The molecule has 0 saturated heterocycles. The van der Waals surface area contributed by atoms with E-state index < -0.39 is 0 Å². The van der Waals surface area contributed by atoms with E-state index in [0.717, 1.165) is 0 Å². The Labute approximate surface area is 128 Å². The van der Waals surface area contributed by atoms with Crippen LogP contribution >= 0.6 is 0 Å². The number of imidazole rings is 1. The highest BCUT2D eigenvalue weighted by Gasteiger charge is 2.20. The number of hydrogen-bond acceptors (Lipinski definition) is 4. The first-order valence-corrected chi connectivity index (χ1v) is 6.82. The van der Waals surface area contributed by atoms with Gasteiger partial charge in [-0.25, -0.2) is 4.98 Å². The minimum atomic E-state index is -0.360. The molecule has 2 rings (SSSR count). The predicted molar refractivity (Wildman–Crippen MR) is 81.9 cm³/mol. The second kappa shape index (κ2) is 7.37. The van der Waals surface area contributed by atoms with Gasteiger partial charge in [0, 0.05) is 26.4 Å². The van der Waals surface area contributed by atoms with Crippen molar-refractivity contribution in [1.82, 2.24) is 20.0 Å². The van der Waals surface area contributed by atoms with E-state index >= 15 is 0 Å². The van der Waals surface area contributed by atoms with Crippen LogP contribution in [-0.4, -0.2) is 48.0 Å². The summed E-state index contributed by atoms with van der Waals surface area (Å²) >= 11 is 0. The second-order valence-electron chi connectivity index (χ2n) is 4.49. The van der Waals surface area contributed by atoms with E-state index in [1.807, 2.05) is 0 Å². The molecule has 0 fully saturated rings. The van der Waals surface area contributed by atoms with E-state index in [2.05, 4.69) is 22.2 Å². The van der Waals surface area contributed by atoms with Crippen LogP contribution in [0, 0.1) is 0 Å². The number of nitrogens with zero attached hydrogens (tertiary/aromatic N) is 2. The Hall–Kier alpha value is -2.67. The van der Waals surface area contributed by atoms with Gasteiger partial charge in [-0.1, -0.05) is 12.1 Å². The van der Waals surface area contributed by atoms with Gasteiger partial charge in [0.15, 0.2) is 5.69 Å². The highest BCUT2D eigenvalue weighted by molar-refractivity contribution is 6.02. The molecule has 116 valence electrons. The van der Waals surface area contributed by atoms with Gasteiger partial charge in [-0.05, 0) is 12.1 Å². The number of amides is 2. The third-order valence-corrected chi connectivity index (χ3v) is 2.97. The molecular formula is C15H18N4O3. The molecule has 7 heteroatoms. The molecule has 2 amide bonds. The molecule has 0 aliphatic heterocycles. The van der Waals surface area contributed by atoms with Gasteiger partial charge in [0.1, 0.15) is 0 Å². The SMILES string of the molecule is C=CCNC(=O)c1nc(C(=O)NCCOC)n2ccccc12. The third kappa shape index (κ3) is 3.32. The minimum absolute atomic E-state index is 0.162. The van der Waals surface area contributed by atoms with E-state index in [1.165, 1.54) is 0 Å². The summed E-state index contributed by atoms with van der Waals surface area (Å²) in [7, 11) is 1.55. The molecule has 7 nitrogen and oxygen atoms in total. The maximum atomic E-state index is 12.2. The zero-order valence-corrected chi connectivity index (χ0v) is 12.3. The minimum Gasteiger partial charge on any atom is -0.383 e. The summed E-state index contributed by atoms with van der Waals surface area (Å²) in [6, 6.07) is 5.29. The van der Waals surface area contributed by atoms with Gasteiger partial charge in [-0.2, -0.15) is 0 Å². The fraction of sp³-hybridized carbons (Fsp3) is 0.267. The molecule has 0 spiro atoms. The van der Waals surface area contributed by atoms with Crippen LogP contribution in [0.1, 0.15) is 21.1 Å². The number of aromatic nitrogens is 2. The van der Waals surface area contributed by atoms with Crippen molar-refractivity contribution >= 4 is 17.3 Å². The van der Waals surface area contributed by atoms with Crippen LogP contribution in [0.2, 0.25) is 0 Å². The van der Waals surface area contributed by atoms with Crippen molar-refractivity contribution in [3.63, 3.8) is 0 Å². The monoisotopic (exact) mass is 302 g/mol. The van der Waals surface area contributed by atoms with Crippen LogP contribution in [0.4, 0.5) is 0 Å². The maximum absolute atomic E-state index is 12.2. The molecule has 2 aromatic rings. The van der Waals surface area contributed by atoms with E-state index in [4.69, 9.17) is 4.74 Å². The molecule has 0 unspecified atom stereocenters. The average molecular weight is 302 g/mol. The topological polar surface area (TPSA) is 84.7 Å². The van der Waals surface area contributed by atoms with Crippen LogP contribution in [0.5, 0.6) is 0 Å². The first-order chi connectivity index (χ1) is 10.7. The number of methoxy groups -OCH3 is 1. The Morgan fingerprint density at radius 1 is 1.36 bits per heavy atom. The van der Waals surface area contributed by atoms with Crippen LogP contribution in [0.15, 0.2) is 37.1 Å². The number of rotatable bonds is 7. The normalized spacial score (nSPS) is 10.4. The van der Waals surface area contributed by atoms with E-state index in [9.17, 15) is 9.59 Å². The predicted octanol–water partition coefficient (Wildman–Crippen LogP) is 0.626. The smallest absolute Gasteiger partial charge is 0.287 e. The lowest BCUT2D eigenvalue weighted by molar-refractivity contribution is 0.0926. The molecule has 0 atom stereocenters. The van der Waals surface area contributed by atoms with Crippen molar-refractivity contribution in [2.24, 2.45) is 0 Å². The van der Waals surface area contributed by atoms with E-state index in [0.29, 0.717) is 25.2 Å². The van der Waals surface area contributed by atoms with Gasteiger partial charge >= 0.3 is 0 Å². The molecule has 0 radical (unpaired) electrons. The van der Waals surface area contributed by atoms with Crippen LogP contribution in [0.25, 0.3) is 5.52 Å². The standard InChI is InChI=1S/C15H18N4O3/c1-3-7-16-14(20)12-11-6-4-5-9-19(11)13(18-12)15(21)17-8-10-22-2/h3-6,9H,1,7-8,10H2,2H3,(H,16,20)(H,17,21). The Balaban J connectivity index is 2.33. The summed E-state index contributed by atoms with van der Waals surface area (Å²) < 4.78 is 6.48. The summed E-state index contributed by atoms with van der Waals surface area (Å²) in [6.45, 7) is 4.66. The first kappa shape index (κ1) is 15.7. The number of pyridine rings is 1. The quantitative estimate of drug-likeness (QED) is 0.580. The molecule has 0 bridgehead atoms. The van der Waals surface area contributed by atoms with Gasteiger partial charge < -0.3 is 15.4 Å². The van der Waals surface area contributed by atoms with Crippen molar-refractivity contribution in [3.8, 4) is 0 Å². The lowest BCUT2D eigenvalue weighted by Crippen LogP contribution is -2.29. The summed E-state index contributed by atoms with van der Waals surface area (Å²) in [4.78, 5) is 28.5. The average Bonchev–Trinajstić information content (AvgIpc) is 2.92. The van der Waals surface area contributed by atoms with E-state index in [1.54, 1.807) is 42.0 Å². The van der Waals surface area contributed by atoms with Crippen molar-refractivity contribution < 1.29 is 14.3 Å². The van der Waals surface area contributed by atoms with Crippen LogP contribution < -0.4 is 10.6 Å². The highest BCUT2D eigenvalue weighted by atomic mass is 16.5. The second-order valence-corrected chi connectivity index (χ2v) is 4.49. The molecule has 22 heavy (non-hydrogen) atoms. The van der Waals surface area contributed by atoms with Gasteiger partial charge in [0.05, 0.1) is 12.1 Å². The van der Waals surface area contributed by atoms with Gasteiger partial charge in [0.25, 0.3) is 11.8 Å². The van der Waals surface area contributed by atoms with Crippen LogP contribution in [0.3, 0.4) is 0 Å². The molecule has 2 aromatic heterocycles. The molecule has 0 aliphatic carbocycles. The number of nitrogens with one attached hydrogen (secondary N) is 2. The highest BCUT2D eigenvalue weighted by Crippen LogP contribution is 2.13. The van der Waals surface area contributed by atoms with E-state index in [-0.39, 0.29) is 23.3 Å². The summed E-state index contributed by atoms with van der Waals surface area (Å²) in [5.41, 5.74) is 0.778. The van der Waals surface area contributed by atoms with Gasteiger partial charge in [-0.3, -0.25) is 14.0 Å². The molecule has 0 aliphatic rings. The maximum Gasteiger partial charge on any atom is 0.287 e. The molecule has 0 aromatic carbocycles. The number of ether oxygens (including phenoxy) is 1. The van der Waals surface area contributed by atoms with Gasteiger partial charge in [-0.15, -0.1) is 6.58 Å². The largest absolute Gasteiger partial charge is 0.383 e. The first-order valence-electron chi connectivity index (χ1n) is 6.82. The molecule has 0 saturated carbocycles. The molecule has 2 heterocycles. The summed E-state index contributed by atoms with van der Waals surface area (Å²) in [5, 5.41) is 5.35. The van der Waals surface area contributed by atoms with Crippen molar-refractivity contribution in [2.75, 3.05) is 26.8 Å². The summed E-state index contributed by atoms with van der Waals surface area (Å²) in [5.74, 6) is -0.545. The number of carbonyl (C=O) groups excluding carboxylic acids is 2. The number of fused-ring (bicyclic) bond motifs is 1. The van der Waals surface area contributed by atoms with Gasteiger partial charge in [0.2, 0.25) is 5.82 Å². The van der Waals surface area contributed by atoms with Crippen molar-refractivity contribution in [3.05, 3.63) is 48.6 Å². The Kier molecular flexibility index (Phi) is 5.26.